The smallest absolute Gasteiger partial charge is 0.410 e. The van der Waals surface area contributed by atoms with Gasteiger partial charge in [-0.2, -0.15) is 0 Å². The first-order chi connectivity index (χ1) is 7.20. The van der Waals surface area contributed by atoms with Crippen molar-refractivity contribution in [1.29, 1.82) is 0 Å². The van der Waals surface area contributed by atoms with E-state index < -0.39 is 5.60 Å². The van der Waals surface area contributed by atoms with Gasteiger partial charge in [-0.1, -0.05) is 6.92 Å². The summed E-state index contributed by atoms with van der Waals surface area (Å²) in [5.74, 6) is 0.344. The van der Waals surface area contributed by atoms with Gasteiger partial charge >= 0.3 is 6.09 Å². The second-order valence-corrected chi connectivity index (χ2v) is 5.58. The zero-order valence-corrected chi connectivity index (χ0v) is 10.7. The number of likely N-dealkylation sites (tertiary alicyclic amines) is 1. The fourth-order valence-corrected chi connectivity index (χ4v) is 1.97. The van der Waals surface area contributed by atoms with Gasteiger partial charge in [-0.25, -0.2) is 4.79 Å². The number of amides is 1. The fraction of sp³-hybridized carbons (Fsp3) is 0.833. The van der Waals surface area contributed by atoms with Crippen molar-refractivity contribution in [1.82, 2.24) is 4.90 Å². The van der Waals surface area contributed by atoms with Gasteiger partial charge in [0.2, 0.25) is 0 Å². The van der Waals surface area contributed by atoms with Crippen molar-refractivity contribution < 1.29 is 14.3 Å². The minimum atomic E-state index is -0.478. The van der Waals surface area contributed by atoms with Gasteiger partial charge in [0.15, 0.2) is 0 Å². The first kappa shape index (κ1) is 13.0. The van der Waals surface area contributed by atoms with Crippen molar-refractivity contribution in [3.8, 4) is 0 Å². The Bertz CT molecular complexity index is 293. The molecule has 0 aromatic carbocycles. The number of carbonyl (C=O) groups is 2. The Balaban J connectivity index is 2.58. The Hall–Kier alpha value is -1.06. The van der Waals surface area contributed by atoms with Gasteiger partial charge < -0.3 is 9.64 Å². The maximum absolute atomic E-state index is 11.8. The van der Waals surface area contributed by atoms with Crippen LogP contribution in [-0.2, 0) is 9.53 Å². The molecule has 92 valence electrons. The van der Waals surface area contributed by atoms with Gasteiger partial charge in [0.1, 0.15) is 11.4 Å². The Morgan fingerprint density at radius 2 is 1.81 bits per heavy atom. The van der Waals surface area contributed by atoms with Crippen LogP contribution in [0.1, 0.15) is 34.6 Å². The number of ketones is 1. The predicted octanol–water partition coefficient (Wildman–Crippen LogP) is 2.08. The normalized spacial score (nSPS) is 25.7. The highest BCUT2D eigenvalue weighted by molar-refractivity contribution is 5.80. The van der Waals surface area contributed by atoms with Gasteiger partial charge in [0.25, 0.3) is 0 Å². The summed E-state index contributed by atoms with van der Waals surface area (Å²) in [5.41, 5.74) is -0.478. The van der Waals surface area contributed by atoms with Gasteiger partial charge in [-0.3, -0.25) is 4.79 Å². The minimum Gasteiger partial charge on any atom is -0.444 e. The maximum Gasteiger partial charge on any atom is 0.410 e. The maximum atomic E-state index is 11.8. The van der Waals surface area contributed by atoms with E-state index >= 15 is 0 Å². The topological polar surface area (TPSA) is 46.6 Å². The summed E-state index contributed by atoms with van der Waals surface area (Å²) in [6.07, 6.45) is -0.317. The largest absolute Gasteiger partial charge is 0.444 e. The molecule has 0 N–H and O–H groups in total. The van der Waals surface area contributed by atoms with Crippen molar-refractivity contribution >= 4 is 11.9 Å². The molecule has 0 radical (unpaired) electrons. The zero-order valence-electron chi connectivity index (χ0n) is 10.7. The molecule has 2 atom stereocenters. The molecule has 0 aliphatic carbocycles. The third-order valence-electron chi connectivity index (χ3n) is 2.79. The van der Waals surface area contributed by atoms with Crippen molar-refractivity contribution in [3.05, 3.63) is 0 Å². The van der Waals surface area contributed by atoms with E-state index in [0.29, 0.717) is 13.1 Å². The quantitative estimate of drug-likeness (QED) is 0.689. The van der Waals surface area contributed by atoms with Gasteiger partial charge in [-0.15, -0.1) is 0 Å². The zero-order chi connectivity index (χ0) is 12.5. The lowest BCUT2D eigenvalue weighted by Gasteiger charge is -2.24. The summed E-state index contributed by atoms with van der Waals surface area (Å²) >= 11 is 0. The van der Waals surface area contributed by atoms with Gasteiger partial charge in [-0.05, 0) is 33.6 Å². The van der Waals surface area contributed by atoms with Gasteiger partial charge in [0, 0.05) is 19.0 Å². The van der Waals surface area contributed by atoms with Crippen LogP contribution in [0.5, 0.6) is 0 Å². The first-order valence-electron chi connectivity index (χ1n) is 5.69. The van der Waals surface area contributed by atoms with Crippen LogP contribution >= 0.6 is 0 Å². The van der Waals surface area contributed by atoms with Crippen LogP contribution in [-0.4, -0.2) is 35.5 Å². The highest BCUT2D eigenvalue weighted by Gasteiger charge is 2.36. The molecule has 1 rings (SSSR count). The summed E-state index contributed by atoms with van der Waals surface area (Å²) in [5, 5.41) is 0. The van der Waals surface area contributed by atoms with Crippen molar-refractivity contribution in [2.75, 3.05) is 13.1 Å². The summed E-state index contributed by atoms with van der Waals surface area (Å²) in [7, 11) is 0. The summed E-state index contributed by atoms with van der Waals surface area (Å²) in [4.78, 5) is 24.7. The molecule has 0 aromatic heterocycles. The molecule has 16 heavy (non-hydrogen) atoms. The molecule has 4 nitrogen and oxygen atoms in total. The van der Waals surface area contributed by atoms with Crippen molar-refractivity contribution in [3.63, 3.8) is 0 Å². The molecule has 1 amide bonds. The van der Waals surface area contributed by atoms with E-state index in [2.05, 4.69) is 0 Å². The number of ether oxygens (including phenoxy) is 1. The molecule has 0 aromatic rings. The number of hydrogen-bond acceptors (Lipinski definition) is 3. The minimum absolute atomic E-state index is 0.0347. The molecule has 0 bridgehead atoms. The van der Waals surface area contributed by atoms with E-state index in [1.54, 1.807) is 11.8 Å². The molecular weight excluding hydrogens is 206 g/mol. The Kier molecular flexibility index (Phi) is 3.61. The highest BCUT2D eigenvalue weighted by atomic mass is 16.6. The Morgan fingerprint density at radius 1 is 1.25 bits per heavy atom. The number of Topliss-reactive ketones (excluding diaryl/α,β-unsaturated/α-hetero) is 1. The van der Waals surface area contributed by atoms with Crippen LogP contribution in [0.4, 0.5) is 4.79 Å². The predicted molar refractivity (Wildman–Crippen MR) is 61.1 cm³/mol. The fourth-order valence-electron chi connectivity index (χ4n) is 1.97. The first-order valence-corrected chi connectivity index (χ1v) is 5.69. The molecule has 1 fully saturated rings. The number of carbonyl (C=O) groups excluding carboxylic acids is 2. The average molecular weight is 227 g/mol. The highest BCUT2D eigenvalue weighted by Crippen LogP contribution is 2.25. The molecule has 1 heterocycles. The summed E-state index contributed by atoms with van der Waals surface area (Å²) in [6, 6.07) is 0. The third-order valence-corrected chi connectivity index (χ3v) is 2.79. The second kappa shape index (κ2) is 4.44. The van der Waals surface area contributed by atoms with Crippen LogP contribution < -0.4 is 0 Å². The number of hydrogen-bond donors (Lipinski definition) is 0. The molecule has 0 unspecified atom stereocenters. The van der Waals surface area contributed by atoms with Crippen LogP contribution in [0, 0.1) is 11.8 Å². The molecule has 1 saturated heterocycles. The molecular formula is C12H21NO3. The lowest BCUT2D eigenvalue weighted by molar-refractivity contribution is -0.121. The molecule has 1 aliphatic heterocycles. The van der Waals surface area contributed by atoms with E-state index in [4.69, 9.17) is 4.74 Å². The summed E-state index contributed by atoms with van der Waals surface area (Å²) < 4.78 is 5.27. The molecule has 1 aliphatic rings. The monoisotopic (exact) mass is 227 g/mol. The lowest BCUT2D eigenvalue weighted by atomic mass is 9.95. The van der Waals surface area contributed by atoms with E-state index in [9.17, 15) is 9.59 Å². The number of nitrogens with zero attached hydrogens (tertiary/aromatic N) is 1. The summed E-state index contributed by atoms with van der Waals surface area (Å²) in [6.45, 7) is 10.2. The third kappa shape index (κ3) is 3.22. The van der Waals surface area contributed by atoms with Crippen molar-refractivity contribution in [2.24, 2.45) is 11.8 Å². The molecule has 0 spiro atoms. The van der Waals surface area contributed by atoms with Crippen LogP contribution in [0.25, 0.3) is 0 Å². The Labute approximate surface area is 96.9 Å². The molecule has 4 heteroatoms. The van der Waals surface area contributed by atoms with Crippen LogP contribution in [0.2, 0.25) is 0 Å². The van der Waals surface area contributed by atoms with Crippen LogP contribution in [0.3, 0.4) is 0 Å². The van der Waals surface area contributed by atoms with Crippen LogP contribution in [0.15, 0.2) is 0 Å². The van der Waals surface area contributed by atoms with Crippen molar-refractivity contribution in [2.45, 2.75) is 40.2 Å². The van der Waals surface area contributed by atoms with E-state index in [-0.39, 0.29) is 23.7 Å². The number of rotatable bonds is 1. The van der Waals surface area contributed by atoms with E-state index in [0.717, 1.165) is 0 Å². The van der Waals surface area contributed by atoms with E-state index in [1.807, 2.05) is 27.7 Å². The SMILES string of the molecule is CC(=O)[C@H]1CN(C(=O)OC(C)(C)C)C[C@@H]1C. The lowest BCUT2D eigenvalue weighted by Crippen LogP contribution is -2.35. The molecule has 0 saturated carbocycles. The average Bonchev–Trinajstić information content (AvgIpc) is 2.44. The Morgan fingerprint density at radius 3 is 2.19 bits per heavy atom. The van der Waals surface area contributed by atoms with E-state index in [1.165, 1.54) is 0 Å². The second-order valence-electron chi connectivity index (χ2n) is 5.58. The van der Waals surface area contributed by atoms with Gasteiger partial charge in [0.05, 0.1) is 0 Å². The standard InChI is InChI=1S/C12H21NO3/c1-8-6-13(7-10(8)9(2)14)11(15)16-12(3,4)5/h8,10H,6-7H2,1-5H3/t8-,10-/m0/s1.